The normalized spacial score (nSPS) is 10.7. The summed E-state index contributed by atoms with van der Waals surface area (Å²) in [4.78, 5) is 22.5. The highest BCUT2D eigenvalue weighted by Crippen LogP contribution is 2.20. The molecule has 8 heteroatoms. The van der Waals surface area contributed by atoms with Crippen LogP contribution in [-0.4, -0.2) is 17.0 Å². The highest BCUT2D eigenvalue weighted by Gasteiger charge is 2.09. The van der Waals surface area contributed by atoms with Gasteiger partial charge in [0, 0.05) is 28.3 Å². The van der Waals surface area contributed by atoms with Crippen LogP contribution in [-0.2, 0) is 6.61 Å². The molecule has 0 saturated carbocycles. The van der Waals surface area contributed by atoms with Crippen LogP contribution in [0.15, 0.2) is 77.9 Å². The van der Waals surface area contributed by atoms with Gasteiger partial charge in [-0.2, -0.15) is 5.10 Å². The maximum atomic E-state index is 12.2. The van der Waals surface area contributed by atoms with Crippen molar-refractivity contribution in [2.24, 2.45) is 5.10 Å². The van der Waals surface area contributed by atoms with Crippen LogP contribution in [0.2, 0.25) is 5.02 Å². The number of hydrazone groups is 1. The van der Waals surface area contributed by atoms with Gasteiger partial charge in [0.1, 0.15) is 12.4 Å². The van der Waals surface area contributed by atoms with Crippen molar-refractivity contribution in [1.29, 1.82) is 0 Å². The van der Waals surface area contributed by atoms with E-state index in [1.807, 2.05) is 30.3 Å². The Kier molecular flexibility index (Phi) is 6.55. The summed E-state index contributed by atoms with van der Waals surface area (Å²) < 4.78 is 5.68. The second-order valence-corrected chi connectivity index (χ2v) is 6.37. The van der Waals surface area contributed by atoms with Crippen molar-refractivity contribution in [1.82, 2.24) is 5.43 Å². The third kappa shape index (κ3) is 5.63. The Morgan fingerprint density at radius 2 is 1.83 bits per heavy atom. The van der Waals surface area contributed by atoms with E-state index in [1.165, 1.54) is 24.4 Å². The number of rotatable bonds is 7. The highest BCUT2D eigenvalue weighted by molar-refractivity contribution is 6.33. The monoisotopic (exact) mass is 409 g/mol. The molecular formula is C21H16ClN3O4. The fourth-order valence-corrected chi connectivity index (χ4v) is 2.58. The van der Waals surface area contributed by atoms with Crippen LogP contribution < -0.4 is 10.2 Å². The molecule has 0 aliphatic heterocycles. The van der Waals surface area contributed by atoms with Gasteiger partial charge in [-0.3, -0.25) is 14.9 Å². The van der Waals surface area contributed by atoms with Gasteiger partial charge in [-0.25, -0.2) is 5.43 Å². The number of hydrogen-bond acceptors (Lipinski definition) is 5. The number of halogens is 1. The van der Waals surface area contributed by atoms with E-state index in [0.717, 1.165) is 5.56 Å². The predicted molar refractivity (Wildman–Crippen MR) is 110 cm³/mol. The zero-order valence-corrected chi connectivity index (χ0v) is 15.9. The molecule has 7 nitrogen and oxygen atoms in total. The lowest BCUT2D eigenvalue weighted by molar-refractivity contribution is -0.384. The number of amides is 1. The van der Waals surface area contributed by atoms with Gasteiger partial charge >= 0.3 is 0 Å². The van der Waals surface area contributed by atoms with E-state index in [-0.39, 0.29) is 10.7 Å². The van der Waals surface area contributed by atoms with Crippen molar-refractivity contribution in [3.05, 3.63) is 105 Å². The van der Waals surface area contributed by atoms with Gasteiger partial charge in [0.05, 0.1) is 11.1 Å². The molecule has 0 aliphatic carbocycles. The summed E-state index contributed by atoms with van der Waals surface area (Å²) in [5, 5.41) is 14.9. The third-order valence-corrected chi connectivity index (χ3v) is 4.27. The number of carbonyl (C=O) groups excluding carboxylic acids is 1. The Bertz CT molecular complexity index is 1040. The molecule has 29 heavy (non-hydrogen) atoms. The molecular weight excluding hydrogens is 394 g/mol. The first-order valence-electron chi connectivity index (χ1n) is 8.57. The van der Waals surface area contributed by atoms with Gasteiger partial charge in [-0.1, -0.05) is 41.9 Å². The number of hydrogen-bond donors (Lipinski definition) is 1. The fraction of sp³-hybridized carbons (Fsp3) is 0.0476. The van der Waals surface area contributed by atoms with E-state index in [9.17, 15) is 14.9 Å². The molecule has 0 radical (unpaired) electrons. The first-order chi connectivity index (χ1) is 14.0. The summed E-state index contributed by atoms with van der Waals surface area (Å²) >= 11 is 5.98. The summed E-state index contributed by atoms with van der Waals surface area (Å²) in [7, 11) is 0. The zero-order chi connectivity index (χ0) is 20.6. The molecule has 1 N–H and O–H groups in total. The quantitative estimate of drug-likeness (QED) is 0.351. The van der Waals surface area contributed by atoms with Gasteiger partial charge in [-0.15, -0.1) is 0 Å². The van der Waals surface area contributed by atoms with Crippen molar-refractivity contribution in [2.75, 3.05) is 0 Å². The highest BCUT2D eigenvalue weighted by atomic mass is 35.5. The fourth-order valence-electron chi connectivity index (χ4n) is 2.41. The maximum absolute atomic E-state index is 12.2. The molecule has 1 amide bonds. The minimum atomic E-state index is -0.534. The second kappa shape index (κ2) is 9.48. The molecule has 0 aromatic heterocycles. The van der Waals surface area contributed by atoms with Crippen LogP contribution in [0.1, 0.15) is 21.5 Å². The smallest absolute Gasteiger partial charge is 0.271 e. The van der Waals surface area contributed by atoms with E-state index < -0.39 is 10.8 Å². The summed E-state index contributed by atoms with van der Waals surface area (Å²) in [5.74, 6) is 0.203. The van der Waals surface area contributed by atoms with Gasteiger partial charge in [0.25, 0.3) is 11.6 Å². The van der Waals surface area contributed by atoms with Crippen molar-refractivity contribution < 1.29 is 14.5 Å². The topological polar surface area (TPSA) is 93.8 Å². The molecule has 0 heterocycles. The van der Waals surface area contributed by atoms with Gasteiger partial charge in [0.15, 0.2) is 0 Å². The van der Waals surface area contributed by atoms with Gasteiger partial charge in [0.2, 0.25) is 0 Å². The van der Waals surface area contributed by atoms with Crippen molar-refractivity contribution in [3.8, 4) is 5.75 Å². The zero-order valence-electron chi connectivity index (χ0n) is 15.1. The molecule has 0 fully saturated rings. The number of nitro benzene ring substituents is 1. The van der Waals surface area contributed by atoms with E-state index in [1.54, 1.807) is 24.3 Å². The van der Waals surface area contributed by atoms with Crippen LogP contribution in [0.3, 0.4) is 0 Å². The number of nitrogens with zero attached hydrogens (tertiary/aromatic N) is 2. The number of carbonyl (C=O) groups is 1. The summed E-state index contributed by atoms with van der Waals surface area (Å²) in [6.07, 6.45) is 1.25. The number of non-ortho nitro benzene ring substituents is 1. The van der Waals surface area contributed by atoms with E-state index >= 15 is 0 Å². The van der Waals surface area contributed by atoms with E-state index in [4.69, 9.17) is 16.3 Å². The molecule has 0 aliphatic rings. The number of benzene rings is 3. The van der Waals surface area contributed by atoms with E-state index in [2.05, 4.69) is 10.5 Å². The van der Waals surface area contributed by atoms with Crippen molar-refractivity contribution in [2.45, 2.75) is 6.61 Å². The third-order valence-electron chi connectivity index (χ3n) is 3.92. The lowest BCUT2D eigenvalue weighted by Gasteiger charge is -2.07. The molecule has 3 aromatic rings. The Morgan fingerprint density at radius 3 is 2.52 bits per heavy atom. The van der Waals surface area contributed by atoms with Crippen molar-refractivity contribution >= 4 is 29.4 Å². The standard InChI is InChI=1S/C21H16ClN3O4/c22-20-11-8-18(25(27)28)12-17(20)13-23-24-21(26)16-6-9-19(10-7-16)29-14-15-4-2-1-3-5-15/h1-13H,14H2,(H,24,26)/b23-13-. The number of ether oxygens (including phenoxy) is 1. The minimum absolute atomic E-state index is 0.117. The maximum Gasteiger partial charge on any atom is 0.271 e. The Balaban J connectivity index is 1.57. The molecule has 0 bridgehead atoms. The van der Waals surface area contributed by atoms with Gasteiger partial charge in [-0.05, 0) is 35.9 Å². The van der Waals surface area contributed by atoms with Crippen LogP contribution in [0, 0.1) is 10.1 Å². The van der Waals surface area contributed by atoms with Gasteiger partial charge < -0.3 is 4.74 Å². The van der Waals surface area contributed by atoms with E-state index in [0.29, 0.717) is 23.5 Å². The Morgan fingerprint density at radius 1 is 1.10 bits per heavy atom. The lowest BCUT2D eigenvalue weighted by Crippen LogP contribution is -2.17. The molecule has 0 unspecified atom stereocenters. The minimum Gasteiger partial charge on any atom is -0.489 e. The summed E-state index contributed by atoms with van der Waals surface area (Å²) in [6, 6.07) is 20.3. The molecule has 3 rings (SSSR count). The number of nitro groups is 1. The van der Waals surface area contributed by atoms with Crippen LogP contribution in [0.25, 0.3) is 0 Å². The van der Waals surface area contributed by atoms with Crippen LogP contribution in [0.4, 0.5) is 5.69 Å². The predicted octanol–water partition coefficient (Wildman–Crippen LogP) is 4.59. The molecule has 0 atom stereocenters. The Hall–Kier alpha value is -3.71. The molecule has 0 spiro atoms. The lowest BCUT2D eigenvalue weighted by atomic mass is 10.2. The first-order valence-corrected chi connectivity index (χ1v) is 8.95. The average molecular weight is 410 g/mol. The van der Waals surface area contributed by atoms with Crippen molar-refractivity contribution in [3.63, 3.8) is 0 Å². The Labute approximate surface area is 171 Å². The van der Waals surface area contributed by atoms with Crippen LogP contribution in [0.5, 0.6) is 5.75 Å². The largest absolute Gasteiger partial charge is 0.489 e. The SMILES string of the molecule is O=C(N/N=C\c1cc([N+](=O)[O-])ccc1Cl)c1ccc(OCc2ccccc2)cc1. The number of nitrogens with one attached hydrogen (secondary N) is 1. The van der Waals surface area contributed by atoms with Crippen LogP contribution >= 0.6 is 11.6 Å². The second-order valence-electron chi connectivity index (χ2n) is 5.96. The summed E-state index contributed by atoms with van der Waals surface area (Å²) in [6.45, 7) is 0.431. The first kappa shape index (κ1) is 20.0. The molecule has 0 saturated heterocycles. The average Bonchev–Trinajstić information content (AvgIpc) is 2.74. The molecule has 146 valence electrons. The summed E-state index contributed by atoms with van der Waals surface area (Å²) in [5.41, 5.74) is 4.00. The molecule has 3 aromatic carbocycles.